The fourth-order valence-corrected chi connectivity index (χ4v) is 3.13. The maximum atomic E-state index is 12.3. The number of benzene rings is 1. The largest absolute Gasteiger partial charge is 0.496 e. The lowest BCUT2D eigenvalue weighted by atomic mass is 10.1. The fourth-order valence-electron chi connectivity index (χ4n) is 2.34. The maximum absolute atomic E-state index is 12.3. The number of hydrogen-bond acceptors (Lipinski definition) is 4. The Morgan fingerprint density at radius 2 is 2.00 bits per heavy atom. The van der Waals surface area contributed by atoms with Crippen LogP contribution in [-0.4, -0.2) is 39.6 Å². The van der Waals surface area contributed by atoms with Crippen molar-refractivity contribution in [2.45, 2.75) is 11.3 Å². The van der Waals surface area contributed by atoms with Gasteiger partial charge in [0, 0.05) is 19.8 Å². The Morgan fingerprint density at radius 1 is 1.29 bits per heavy atom. The van der Waals surface area contributed by atoms with E-state index >= 15 is 0 Å². The van der Waals surface area contributed by atoms with Gasteiger partial charge in [-0.2, -0.15) is 0 Å². The van der Waals surface area contributed by atoms with Crippen LogP contribution in [0.15, 0.2) is 41.4 Å². The van der Waals surface area contributed by atoms with Gasteiger partial charge in [0.2, 0.25) is 10.0 Å². The van der Waals surface area contributed by atoms with Crippen molar-refractivity contribution in [1.82, 2.24) is 14.6 Å². The van der Waals surface area contributed by atoms with Crippen molar-refractivity contribution < 1.29 is 17.9 Å². The number of para-hydroxylation sites is 1. The van der Waals surface area contributed by atoms with Gasteiger partial charge >= 0.3 is 0 Å². The van der Waals surface area contributed by atoms with Crippen molar-refractivity contribution in [3.8, 4) is 5.75 Å². The molecule has 1 aromatic heterocycles. The first-order chi connectivity index (χ1) is 11.4. The topological polar surface area (TPSA) is 89.4 Å². The number of aromatic nitrogens is 1. The molecule has 1 aromatic carbocycles. The van der Waals surface area contributed by atoms with E-state index in [1.54, 1.807) is 14.2 Å². The number of methoxy groups -OCH3 is 1. The third kappa shape index (κ3) is 3.95. The van der Waals surface area contributed by atoms with Crippen LogP contribution in [0, 0.1) is 0 Å². The standard InChI is InChI=1S/C16H21N3O4S/c1-17-24(21,22)13-10-14(19(2)11-13)16(20)18-9-8-12-6-4-5-7-15(12)23-3/h4-7,10-11,17H,8-9H2,1-3H3,(H,18,20). The van der Waals surface area contributed by atoms with E-state index in [1.807, 2.05) is 24.3 Å². The van der Waals surface area contributed by atoms with E-state index in [1.165, 1.54) is 23.9 Å². The first kappa shape index (κ1) is 18.0. The summed E-state index contributed by atoms with van der Waals surface area (Å²) in [5.74, 6) is 0.443. The van der Waals surface area contributed by atoms with Crippen molar-refractivity contribution >= 4 is 15.9 Å². The molecule has 2 aromatic rings. The Labute approximate surface area is 141 Å². The van der Waals surface area contributed by atoms with Crippen LogP contribution in [0.1, 0.15) is 16.1 Å². The average molecular weight is 351 g/mol. The molecule has 0 aliphatic rings. The third-order valence-electron chi connectivity index (χ3n) is 3.66. The van der Waals surface area contributed by atoms with Crippen LogP contribution in [0.3, 0.4) is 0 Å². The quantitative estimate of drug-likeness (QED) is 0.776. The van der Waals surface area contributed by atoms with Gasteiger partial charge in [0.25, 0.3) is 5.91 Å². The highest BCUT2D eigenvalue weighted by Gasteiger charge is 2.18. The summed E-state index contributed by atoms with van der Waals surface area (Å²) >= 11 is 0. The SMILES string of the molecule is CNS(=O)(=O)c1cc(C(=O)NCCc2ccccc2OC)n(C)c1. The monoisotopic (exact) mass is 351 g/mol. The molecule has 0 atom stereocenters. The van der Waals surface area contributed by atoms with Crippen LogP contribution in [0.25, 0.3) is 0 Å². The zero-order valence-electron chi connectivity index (χ0n) is 13.9. The van der Waals surface area contributed by atoms with Crippen LogP contribution in [0.2, 0.25) is 0 Å². The number of amides is 1. The summed E-state index contributed by atoms with van der Waals surface area (Å²) in [4.78, 5) is 12.3. The molecule has 7 nitrogen and oxygen atoms in total. The Kier molecular flexibility index (Phi) is 5.63. The predicted octanol–water partition coefficient (Wildman–Crippen LogP) is 0.914. The molecule has 0 saturated carbocycles. The summed E-state index contributed by atoms with van der Waals surface area (Å²) in [7, 11) is 0.987. The van der Waals surface area contributed by atoms with Gasteiger partial charge in [-0.15, -0.1) is 0 Å². The molecule has 1 heterocycles. The zero-order valence-corrected chi connectivity index (χ0v) is 14.7. The van der Waals surface area contributed by atoms with Gasteiger partial charge in [0.1, 0.15) is 16.3 Å². The van der Waals surface area contributed by atoms with E-state index in [0.717, 1.165) is 11.3 Å². The Balaban J connectivity index is 2.03. The van der Waals surface area contributed by atoms with Crippen LogP contribution in [-0.2, 0) is 23.5 Å². The molecule has 0 bridgehead atoms. The molecule has 0 radical (unpaired) electrons. The minimum atomic E-state index is -3.57. The average Bonchev–Trinajstić information content (AvgIpc) is 2.98. The van der Waals surface area contributed by atoms with Gasteiger partial charge in [0.05, 0.1) is 7.11 Å². The van der Waals surface area contributed by atoms with Crippen LogP contribution < -0.4 is 14.8 Å². The Morgan fingerprint density at radius 3 is 2.67 bits per heavy atom. The second kappa shape index (κ2) is 7.50. The van der Waals surface area contributed by atoms with Crippen molar-refractivity contribution in [3.05, 3.63) is 47.8 Å². The molecule has 0 fully saturated rings. The summed E-state index contributed by atoms with van der Waals surface area (Å²) in [6.07, 6.45) is 2.02. The number of ether oxygens (including phenoxy) is 1. The second-order valence-electron chi connectivity index (χ2n) is 5.20. The molecule has 0 unspecified atom stereocenters. The smallest absolute Gasteiger partial charge is 0.267 e. The van der Waals surface area contributed by atoms with Crippen molar-refractivity contribution in [2.24, 2.45) is 7.05 Å². The van der Waals surface area contributed by atoms with E-state index in [0.29, 0.717) is 13.0 Å². The lowest BCUT2D eigenvalue weighted by Gasteiger charge is -2.09. The lowest BCUT2D eigenvalue weighted by Crippen LogP contribution is -2.27. The highest BCUT2D eigenvalue weighted by atomic mass is 32.2. The molecule has 24 heavy (non-hydrogen) atoms. The van der Waals surface area contributed by atoms with Gasteiger partial charge in [-0.3, -0.25) is 4.79 Å². The van der Waals surface area contributed by atoms with Gasteiger partial charge in [-0.25, -0.2) is 13.1 Å². The summed E-state index contributed by atoms with van der Waals surface area (Å²) in [6.45, 7) is 0.415. The van der Waals surface area contributed by atoms with Gasteiger partial charge < -0.3 is 14.6 Å². The molecule has 1 amide bonds. The molecule has 0 spiro atoms. The predicted molar refractivity (Wildman–Crippen MR) is 90.7 cm³/mol. The molecule has 130 valence electrons. The van der Waals surface area contributed by atoms with Crippen LogP contribution in [0.5, 0.6) is 5.75 Å². The fraction of sp³-hybridized carbons (Fsp3) is 0.312. The molecular formula is C16H21N3O4S. The molecule has 2 N–H and O–H groups in total. The Bertz CT molecular complexity index is 828. The zero-order chi connectivity index (χ0) is 17.7. The van der Waals surface area contributed by atoms with Gasteiger partial charge in [-0.1, -0.05) is 18.2 Å². The number of aryl methyl sites for hydroxylation is 1. The molecule has 0 aliphatic carbocycles. The summed E-state index contributed by atoms with van der Waals surface area (Å²) in [5.41, 5.74) is 1.27. The van der Waals surface area contributed by atoms with E-state index in [9.17, 15) is 13.2 Å². The van der Waals surface area contributed by atoms with Gasteiger partial charge in [-0.05, 0) is 31.2 Å². The number of carbonyl (C=O) groups is 1. The molecular weight excluding hydrogens is 330 g/mol. The molecule has 0 aliphatic heterocycles. The summed E-state index contributed by atoms with van der Waals surface area (Å²) < 4.78 is 32.6. The number of carbonyl (C=O) groups excluding carboxylic acids is 1. The highest BCUT2D eigenvalue weighted by Crippen LogP contribution is 2.17. The van der Waals surface area contributed by atoms with Gasteiger partial charge in [0.15, 0.2) is 0 Å². The molecule has 8 heteroatoms. The number of rotatable bonds is 7. The maximum Gasteiger partial charge on any atom is 0.267 e. The van der Waals surface area contributed by atoms with Crippen LogP contribution >= 0.6 is 0 Å². The summed E-state index contributed by atoms with van der Waals surface area (Å²) in [6, 6.07) is 8.94. The van der Waals surface area contributed by atoms with E-state index in [-0.39, 0.29) is 16.5 Å². The summed E-state index contributed by atoms with van der Waals surface area (Å²) in [5, 5.41) is 2.79. The molecule has 2 rings (SSSR count). The highest BCUT2D eigenvalue weighted by molar-refractivity contribution is 7.89. The first-order valence-corrected chi connectivity index (χ1v) is 8.87. The minimum absolute atomic E-state index is 0.0578. The van der Waals surface area contributed by atoms with Crippen LogP contribution in [0.4, 0.5) is 0 Å². The number of nitrogens with one attached hydrogen (secondary N) is 2. The minimum Gasteiger partial charge on any atom is -0.496 e. The van der Waals surface area contributed by atoms with E-state index in [2.05, 4.69) is 10.0 Å². The lowest BCUT2D eigenvalue weighted by molar-refractivity contribution is 0.0946. The normalized spacial score (nSPS) is 11.3. The van der Waals surface area contributed by atoms with E-state index in [4.69, 9.17) is 4.74 Å². The Hall–Kier alpha value is -2.32. The van der Waals surface area contributed by atoms with E-state index < -0.39 is 10.0 Å². The number of hydrogen-bond donors (Lipinski definition) is 2. The second-order valence-corrected chi connectivity index (χ2v) is 7.08. The van der Waals surface area contributed by atoms with Crippen molar-refractivity contribution in [1.29, 1.82) is 0 Å². The number of sulfonamides is 1. The van der Waals surface area contributed by atoms with Crippen molar-refractivity contribution in [3.63, 3.8) is 0 Å². The molecule has 0 saturated heterocycles. The third-order valence-corrected chi connectivity index (χ3v) is 5.05. The number of nitrogens with zero attached hydrogens (tertiary/aromatic N) is 1. The first-order valence-electron chi connectivity index (χ1n) is 7.39. The van der Waals surface area contributed by atoms with Crippen molar-refractivity contribution in [2.75, 3.05) is 20.7 Å².